The van der Waals surface area contributed by atoms with Crippen molar-refractivity contribution in [1.82, 2.24) is 9.88 Å². The average molecular weight is 408 g/mol. The van der Waals surface area contributed by atoms with E-state index in [4.69, 9.17) is 27.1 Å². The number of nitrogens with zero attached hydrogens (tertiary/aromatic N) is 2. The van der Waals surface area contributed by atoms with Gasteiger partial charge in [-0.05, 0) is 35.9 Å². The number of halogens is 1. The molecule has 0 radical (unpaired) electrons. The van der Waals surface area contributed by atoms with E-state index in [0.29, 0.717) is 12.2 Å². The Balaban J connectivity index is 1.53. The van der Waals surface area contributed by atoms with Crippen molar-refractivity contribution in [3.05, 3.63) is 88.6 Å². The van der Waals surface area contributed by atoms with Crippen LogP contribution in [0.2, 0.25) is 5.02 Å². The van der Waals surface area contributed by atoms with Gasteiger partial charge in [-0.25, -0.2) is 0 Å². The number of ether oxygens (including phenoxy) is 1. The highest BCUT2D eigenvalue weighted by molar-refractivity contribution is 6.31. The zero-order valence-corrected chi connectivity index (χ0v) is 16.7. The number of nitrogens with two attached hydrogens (primary N) is 1. The van der Waals surface area contributed by atoms with Crippen LogP contribution in [0, 0.1) is 0 Å². The molecule has 0 aliphatic carbocycles. The molecule has 4 rings (SSSR count). The third-order valence-electron chi connectivity index (χ3n) is 5.05. The second-order valence-electron chi connectivity index (χ2n) is 7.08. The van der Waals surface area contributed by atoms with E-state index < -0.39 is 5.91 Å². The van der Waals surface area contributed by atoms with Crippen LogP contribution in [0.3, 0.4) is 0 Å². The van der Waals surface area contributed by atoms with Gasteiger partial charge in [-0.2, -0.15) is 0 Å². The molecule has 3 aromatic rings. The number of primary amides is 1. The molecule has 1 saturated heterocycles. The van der Waals surface area contributed by atoms with Crippen LogP contribution in [0.4, 0.5) is 0 Å². The van der Waals surface area contributed by atoms with Crippen molar-refractivity contribution in [3.63, 3.8) is 0 Å². The van der Waals surface area contributed by atoms with E-state index in [1.165, 1.54) is 0 Å². The van der Waals surface area contributed by atoms with Crippen molar-refractivity contribution in [2.24, 2.45) is 5.73 Å². The summed E-state index contributed by atoms with van der Waals surface area (Å²) >= 11 is 6.32. The number of aromatic nitrogens is 1. The largest absolute Gasteiger partial charge is 0.369 e. The first-order valence-electron chi connectivity index (χ1n) is 9.55. The molecule has 0 bridgehead atoms. The minimum absolute atomic E-state index is 0.120. The van der Waals surface area contributed by atoms with Crippen molar-refractivity contribution in [1.29, 1.82) is 0 Å². The first-order valence-corrected chi connectivity index (χ1v) is 9.92. The SMILES string of the molecule is NC(=O)c1cccc(-c2cccc(C3CN(Cc4ccccc4Cl)CCO3)n2)c1. The number of carbonyl (C=O) groups excluding carboxylic acids is 1. The molecule has 6 heteroatoms. The quantitative estimate of drug-likeness (QED) is 0.692. The van der Waals surface area contributed by atoms with E-state index in [0.717, 1.165) is 47.2 Å². The number of pyridine rings is 1. The highest BCUT2D eigenvalue weighted by atomic mass is 35.5. The second-order valence-corrected chi connectivity index (χ2v) is 7.49. The predicted molar refractivity (Wildman–Crippen MR) is 114 cm³/mol. The van der Waals surface area contributed by atoms with Gasteiger partial charge in [0.2, 0.25) is 5.91 Å². The standard InChI is InChI=1S/C23H22ClN3O2/c24-19-8-2-1-5-18(19)14-27-11-12-29-22(15-27)21-10-4-9-20(26-21)16-6-3-7-17(13-16)23(25)28/h1-10,13,22H,11-12,14-15H2,(H2,25,28). The first kappa shape index (κ1) is 19.6. The summed E-state index contributed by atoms with van der Waals surface area (Å²) in [5, 5.41) is 0.782. The van der Waals surface area contributed by atoms with E-state index in [2.05, 4.69) is 11.0 Å². The summed E-state index contributed by atoms with van der Waals surface area (Å²) in [6.07, 6.45) is -0.120. The van der Waals surface area contributed by atoms with Gasteiger partial charge in [0, 0.05) is 35.8 Å². The van der Waals surface area contributed by atoms with Crippen molar-refractivity contribution in [3.8, 4) is 11.3 Å². The fourth-order valence-electron chi connectivity index (χ4n) is 3.52. The molecule has 2 aromatic carbocycles. The van der Waals surface area contributed by atoms with Gasteiger partial charge in [0.1, 0.15) is 6.10 Å². The number of hydrogen-bond acceptors (Lipinski definition) is 4. The maximum atomic E-state index is 11.5. The lowest BCUT2D eigenvalue weighted by Gasteiger charge is -2.33. The third kappa shape index (κ3) is 4.65. The molecular weight excluding hydrogens is 386 g/mol. The van der Waals surface area contributed by atoms with Gasteiger partial charge in [0.25, 0.3) is 0 Å². The number of benzene rings is 2. The van der Waals surface area contributed by atoms with E-state index in [1.807, 2.05) is 48.5 Å². The zero-order valence-electron chi connectivity index (χ0n) is 15.9. The zero-order chi connectivity index (χ0) is 20.2. The molecule has 2 N–H and O–H groups in total. The summed E-state index contributed by atoms with van der Waals surface area (Å²) < 4.78 is 6.00. The lowest BCUT2D eigenvalue weighted by atomic mass is 10.1. The topological polar surface area (TPSA) is 68.5 Å². The number of morpholine rings is 1. The average Bonchev–Trinajstić information content (AvgIpc) is 2.76. The Labute approximate surface area is 175 Å². The molecule has 1 atom stereocenters. The Morgan fingerprint density at radius 3 is 2.79 bits per heavy atom. The molecule has 0 spiro atoms. The Morgan fingerprint density at radius 1 is 1.14 bits per heavy atom. The number of amides is 1. The van der Waals surface area contributed by atoms with Crippen LogP contribution in [0.1, 0.15) is 27.7 Å². The Bertz CT molecular complexity index is 1020. The molecule has 1 aromatic heterocycles. The maximum Gasteiger partial charge on any atom is 0.248 e. The molecule has 1 fully saturated rings. The molecule has 29 heavy (non-hydrogen) atoms. The summed E-state index contributed by atoms with van der Waals surface area (Å²) in [7, 11) is 0. The molecule has 5 nitrogen and oxygen atoms in total. The van der Waals surface area contributed by atoms with Crippen LogP contribution in [-0.2, 0) is 11.3 Å². The minimum atomic E-state index is -0.450. The normalized spacial score (nSPS) is 17.2. The predicted octanol–water partition coefficient (Wildman–Crippen LogP) is 4.07. The first-order chi connectivity index (χ1) is 14.1. The van der Waals surface area contributed by atoms with Gasteiger partial charge < -0.3 is 10.5 Å². The summed E-state index contributed by atoms with van der Waals surface area (Å²) in [4.78, 5) is 18.6. The maximum absolute atomic E-state index is 11.5. The second kappa shape index (κ2) is 8.74. The summed E-state index contributed by atoms with van der Waals surface area (Å²) in [5.74, 6) is -0.450. The monoisotopic (exact) mass is 407 g/mol. The van der Waals surface area contributed by atoms with Gasteiger partial charge in [-0.3, -0.25) is 14.7 Å². The smallest absolute Gasteiger partial charge is 0.248 e. The van der Waals surface area contributed by atoms with Crippen LogP contribution in [0.15, 0.2) is 66.7 Å². The Kier molecular flexibility index (Phi) is 5.90. The molecule has 148 valence electrons. The van der Waals surface area contributed by atoms with E-state index in [9.17, 15) is 4.79 Å². The van der Waals surface area contributed by atoms with Crippen molar-refractivity contribution in [2.75, 3.05) is 19.7 Å². The summed E-state index contributed by atoms with van der Waals surface area (Å²) in [6.45, 7) is 3.00. The lowest BCUT2D eigenvalue weighted by molar-refractivity contribution is -0.0349. The molecule has 1 unspecified atom stereocenters. The lowest BCUT2D eigenvalue weighted by Crippen LogP contribution is -2.38. The van der Waals surface area contributed by atoms with E-state index in [1.54, 1.807) is 12.1 Å². The Morgan fingerprint density at radius 2 is 1.97 bits per heavy atom. The molecule has 1 aliphatic rings. The molecule has 1 aliphatic heterocycles. The van der Waals surface area contributed by atoms with Crippen LogP contribution in [-0.4, -0.2) is 35.5 Å². The number of hydrogen-bond donors (Lipinski definition) is 1. The number of carbonyl (C=O) groups is 1. The van der Waals surface area contributed by atoms with Crippen LogP contribution < -0.4 is 5.73 Å². The fourth-order valence-corrected chi connectivity index (χ4v) is 3.71. The highest BCUT2D eigenvalue weighted by Gasteiger charge is 2.24. The van der Waals surface area contributed by atoms with Crippen LogP contribution in [0.25, 0.3) is 11.3 Å². The minimum Gasteiger partial charge on any atom is -0.369 e. The van der Waals surface area contributed by atoms with Crippen molar-refractivity contribution in [2.45, 2.75) is 12.6 Å². The fraction of sp³-hybridized carbons (Fsp3) is 0.217. The van der Waals surface area contributed by atoms with Gasteiger partial charge >= 0.3 is 0 Å². The molecule has 2 heterocycles. The van der Waals surface area contributed by atoms with Gasteiger partial charge in [-0.1, -0.05) is 48.0 Å². The van der Waals surface area contributed by atoms with Gasteiger partial charge in [0.05, 0.1) is 18.0 Å². The van der Waals surface area contributed by atoms with Crippen molar-refractivity contribution >= 4 is 17.5 Å². The van der Waals surface area contributed by atoms with Gasteiger partial charge in [-0.15, -0.1) is 0 Å². The molecule has 1 amide bonds. The molecule has 0 saturated carbocycles. The highest BCUT2D eigenvalue weighted by Crippen LogP contribution is 2.26. The summed E-state index contributed by atoms with van der Waals surface area (Å²) in [6, 6.07) is 21.0. The Hall–Kier alpha value is -2.73. The van der Waals surface area contributed by atoms with Gasteiger partial charge in [0.15, 0.2) is 0 Å². The number of rotatable bonds is 5. The van der Waals surface area contributed by atoms with Crippen LogP contribution >= 0.6 is 11.6 Å². The van der Waals surface area contributed by atoms with E-state index >= 15 is 0 Å². The van der Waals surface area contributed by atoms with Crippen molar-refractivity contribution < 1.29 is 9.53 Å². The molecular formula is C23H22ClN3O2. The summed E-state index contributed by atoms with van der Waals surface area (Å²) in [5.41, 5.74) is 9.49. The van der Waals surface area contributed by atoms with E-state index in [-0.39, 0.29) is 6.10 Å². The third-order valence-corrected chi connectivity index (χ3v) is 5.41. The van der Waals surface area contributed by atoms with Crippen LogP contribution in [0.5, 0.6) is 0 Å².